The largest absolute Gasteiger partial charge is 0.416 e. The lowest BCUT2D eigenvalue weighted by Crippen LogP contribution is -2.31. The highest BCUT2D eigenvalue weighted by Gasteiger charge is 2.40. The average molecular weight is 416 g/mol. The fourth-order valence-corrected chi connectivity index (χ4v) is 2.56. The normalized spacial score (nSPS) is 12.9. The van der Waals surface area contributed by atoms with Crippen LogP contribution in [0.5, 0.6) is 0 Å². The van der Waals surface area contributed by atoms with Crippen LogP contribution in [0.15, 0.2) is 42.5 Å². The molecule has 0 heterocycles. The number of nitrogens with zero attached hydrogens (tertiary/aromatic N) is 1. The van der Waals surface area contributed by atoms with Crippen LogP contribution >= 0.6 is 0 Å². The number of hydrogen-bond acceptors (Lipinski definition) is 3. The van der Waals surface area contributed by atoms with Crippen LogP contribution in [0.4, 0.5) is 26.3 Å². The van der Waals surface area contributed by atoms with E-state index >= 15 is 0 Å². The highest BCUT2D eigenvalue weighted by atomic mass is 19.4. The molecule has 154 valence electrons. The van der Waals surface area contributed by atoms with Crippen LogP contribution in [-0.4, -0.2) is 13.0 Å². The summed E-state index contributed by atoms with van der Waals surface area (Å²) in [5.74, 6) is -0.956. The zero-order valence-electron chi connectivity index (χ0n) is 14.9. The number of nitrogens with one attached hydrogen (secondary N) is 1. The van der Waals surface area contributed by atoms with Gasteiger partial charge in [0.15, 0.2) is 6.10 Å². The van der Waals surface area contributed by atoms with Crippen LogP contribution in [0.25, 0.3) is 0 Å². The smallest absolute Gasteiger partial charge is 0.367 e. The number of rotatable bonds is 5. The maximum Gasteiger partial charge on any atom is 0.416 e. The average Bonchev–Trinajstić information content (AvgIpc) is 2.66. The molecule has 0 saturated heterocycles. The van der Waals surface area contributed by atoms with E-state index in [0.717, 1.165) is 7.11 Å². The predicted octanol–water partition coefficient (Wildman–Crippen LogP) is 4.60. The Hall–Kier alpha value is -3.06. The standard InChI is InChI=1S/C19H14F6N2O2/c1-29-16(17(28)27-10-12-4-2-11(9-26)3-5-12)14-7-6-13(18(20,21)22)8-15(14)19(23,24)25/h2-8,16H,10H2,1H3,(H,27,28). The van der Waals surface area contributed by atoms with Gasteiger partial charge in [-0.15, -0.1) is 0 Å². The third-order valence-corrected chi connectivity index (χ3v) is 3.99. The van der Waals surface area contributed by atoms with Crippen LogP contribution in [0.1, 0.15) is 33.9 Å². The Morgan fingerprint density at radius 3 is 2.17 bits per heavy atom. The highest BCUT2D eigenvalue weighted by Crippen LogP contribution is 2.39. The number of nitriles is 1. The molecule has 0 bridgehead atoms. The van der Waals surface area contributed by atoms with E-state index in [2.05, 4.69) is 5.32 Å². The van der Waals surface area contributed by atoms with Crippen molar-refractivity contribution in [1.82, 2.24) is 5.32 Å². The molecule has 0 spiro atoms. The Kier molecular flexibility index (Phi) is 6.54. The van der Waals surface area contributed by atoms with Gasteiger partial charge < -0.3 is 10.1 Å². The maximum atomic E-state index is 13.3. The van der Waals surface area contributed by atoms with E-state index in [1.807, 2.05) is 6.07 Å². The molecule has 2 rings (SSSR count). The number of hydrogen-bond donors (Lipinski definition) is 1. The number of carbonyl (C=O) groups is 1. The van der Waals surface area contributed by atoms with Crippen molar-refractivity contribution < 1.29 is 35.9 Å². The topological polar surface area (TPSA) is 62.1 Å². The van der Waals surface area contributed by atoms with Crippen molar-refractivity contribution in [1.29, 1.82) is 5.26 Å². The van der Waals surface area contributed by atoms with Gasteiger partial charge in [-0.05, 0) is 29.8 Å². The van der Waals surface area contributed by atoms with Crippen molar-refractivity contribution in [3.8, 4) is 6.07 Å². The summed E-state index contributed by atoms with van der Waals surface area (Å²) >= 11 is 0. The van der Waals surface area contributed by atoms with Crippen molar-refractivity contribution >= 4 is 5.91 Å². The molecular formula is C19H14F6N2O2. The van der Waals surface area contributed by atoms with Gasteiger partial charge in [-0.25, -0.2) is 0 Å². The van der Waals surface area contributed by atoms with Gasteiger partial charge in [-0.1, -0.05) is 18.2 Å². The van der Waals surface area contributed by atoms with E-state index in [9.17, 15) is 31.1 Å². The minimum absolute atomic E-state index is 0.0464. The number of amides is 1. The van der Waals surface area contributed by atoms with Crippen LogP contribution < -0.4 is 5.32 Å². The first-order chi connectivity index (χ1) is 13.5. The zero-order valence-corrected chi connectivity index (χ0v) is 14.9. The molecule has 0 aliphatic rings. The van der Waals surface area contributed by atoms with Gasteiger partial charge in [0.25, 0.3) is 5.91 Å². The summed E-state index contributed by atoms with van der Waals surface area (Å²) in [6, 6.07) is 8.98. The molecule has 0 aliphatic carbocycles. The molecule has 0 fully saturated rings. The van der Waals surface area contributed by atoms with Crippen molar-refractivity contribution in [2.24, 2.45) is 0 Å². The number of carbonyl (C=O) groups excluding carboxylic acids is 1. The molecule has 0 aliphatic heterocycles. The second kappa shape index (κ2) is 8.53. The Labute approximate surface area is 161 Å². The summed E-state index contributed by atoms with van der Waals surface area (Å²) in [5.41, 5.74) is -2.87. The highest BCUT2D eigenvalue weighted by molar-refractivity contribution is 5.82. The molecule has 4 nitrogen and oxygen atoms in total. The summed E-state index contributed by atoms with van der Waals surface area (Å²) in [7, 11) is 0.976. The van der Waals surface area contributed by atoms with Crippen LogP contribution in [0.3, 0.4) is 0 Å². The second-order valence-electron chi connectivity index (χ2n) is 5.94. The molecule has 2 aromatic rings. The monoisotopic (exact) mass is 416 g/mol. The quantitative estimate of drug-likeness (QED) is 0.725. The SMILES string of the molecule is COC(C(=O)NCc1ccc(C#N)cc1)c1ccc(C(F)(F)F)cc1C(F)(F)F. The second-order valence-corrected chi connectivity index (χ2v) is 5.94. The van der Waals surface area contributed by atoms with Gasteiger partial charge in [0.1, 0.15) is 0 Å². The van der Waals surface area contributed by atoms with Crippen LogP contribution in [-0.2, 0) is 28.4 Å². The van der Waals surface area contributed by atoms with Gasteiger partial charge in [-0.2, -0.15) is 31.6 Å². The van der Waals surface area contributed by atoms with E-state index in [1.54, 1.807) is 12.1 Å². The molecule has 29 heavy (non-hydrogen) atoms. The van der Waals surface area contributed by atoms with Crippen LogP contribution in [0, 0.1) is 11.3 Å². The number of alkyl halides is 6. The molecular weight excluding hydrogens is 402 g/mol. The van der Waals surface area contributed by atoms with Gasteiger partial charge >= 0.3 is 12.4 Å². The molecule has 0 radical (unpaired) electrons. The molecule has 1 atom stereocenters. The van der Waals surface area contributed by atoms with E-state index in [1.165, 1.54) is 12.1 Å². The van der Waals surface area contributed by atoms with Gasteiger partial charge in [0, 0.05) is 19.2 Å². The molecule has 0 aromatic heterocycles. The Bertz CT molecular complexity index is 914. The first-order valence-electron chi connectivity index (χ1n) is 8.05. The van der Waals surface area contributed by atoms with Gasteiger partial charge in [0.05, 0.1) is 22.8 Å². The summed E-state index contributed by atoms with van der Waals surface area (Å²) in [4.78, 5) is 12.4. The number of methoxy groups -OCH3 is 1. The maximum absolute atomic E-state index is 13.3. The fourth-order valence-electron chi connectivity index (χ4n) is 2.56. The van der Waals surface area contributed by atoms with E-state index in [0.29, 0.717) is 23.3 Å². The van der Waals surface area contributed by atoms with Crippen molar-refractivity contribution in [2.45, 2.75) is 25.0 Å². The first-order valence-corrected chi connectivity index (χ1v) is 8.05. The van der Waals surface area contributed by atoms with Crippen molar-refractivity contribution in [3.05, 3.63) is 70.3 Å². The van der Waals surface area contributed by atoms with Crippen molar-refractivity contribution in [3.63, 3.8) is 0 Å². The lowest BCUT2D eigenvalue weighted by atomic mass is 9.98. The lowest BCUT2D eigenvalue weighted by Gasteiger charge is -2.21. The summed E-state index contributed by atoms with van der Waals surface area (Å²) < 4.78 is 83.2. The summed E-state index contributed by atoms with van der Waals surface area (Å²) in [6.07, 6.45) is -11.9. The number of halogens is 6. The van der Waals surface area contributed by atoms with Gasteiger partial charge in [0.2, 0.25) is 0 Å². The lowest BCUT2D eigenvalue weighted by molar-refractivity contribution is -0.145. The number of ether oxygens (including phenoxy) is 1. The molecule has 1 unspecified atom stereocenters. The first kappa shape index (κ1) is 22.2. The molecule has 0 saturated carbocycles. The molecule has 10 heteroatoms. The molecule has 1 amide bonds. The third-order valence-electron chi connectivity index (χ3n) is 3.99. The van der Waals surface area contributed by atoms with Gasteiger partial charge in [-0.3, -0.25) is 4.79 Å². The Morgan fingerprint density at radius 1 is 1.07 bits per heavy atom. The van der Waals surface area contributed by atoms with E-state index < -0.39 is 41.1 Å². The van der Waals surface area contributed by atoms with E-state index in [-0.39, 0.29) is 12.6 Å². The fraction of sp³-hybridized carbons (Fsp3) is 0.263. The Balaban J connectivity index is 2.29. The predicted molar refractivity (Wildman–Crippen MR) is 89.2 cm³/mol. The Morgan fingerprint density at radius 2 is 1.69 bits per heavy atom. The zero-order chi connectivity index (χ0) is 21.8. The van der Waals surface area contributed by atoms with E-state index in [4.69, 9.17) is 10.00 Å². The van der Waals surface area contributed by atoms with Crippen molar-refractivity contribution in [2.75, 3.05) is 7.11 Å². The molecule has 2 aromatic carbocycles. The summed E-state index contributed by atoms with van der Waals surface area (Å²) in [5, 5.41) is 11.1. The minimum Gasteiger partial charge on any atom is -0.367 e. The minimum atomic E-state index is -5.12. The third kappa shape index (κ3) is 5.48. The summed E-state index contributed by atoms with van der Waals surface area (Å²) in [6.45, 7) is -0.0770. The molecule has 1 N–H and O–H groups in total. The number of benzene rings is 2. The van der Waals surface area contributed by atoms with Crippen LogP contribution in [0.2, 0.25) is 0 Å².